The molecule has 6 heteroatoms. The second kappa shape index (κ2) is 5.58. The van der Waals surface area contributed by atoms with E-state index in [0.29, 0.717) is 11.5 Å². The molecule has 1 saturated heterocycles. The van der Waals surface area contributed by atoms with Gasteiger partial charge in [-0.15, -0.1) is 0 Å². The highest BCUT2D eigenvalue weighted by atomic mass is 32.2. The zero-order chi connectivity index (χ0) is 10.6. The number of hydrogen-bond acceptors (Lipinski definition) is 6. The Morgan fingerprint density at radius 1 is 1.00 bits per heavy atom. The fourth-order valence-electron chi connectivity index (χ4n) is 1.53. The van der Waals surface area contributed by atoms with E-state index in [2.05, 4.69) is 0 Å². The molecule has 1 heterocycles. The Labute approximate surface area is 91.7 Å². The average Bonchev–Trinajstić information content (AvgIpc) is 2.27. The van der Waals surface area contributed by atoms with Gasteiger partial charge in [-0.05, 0) is 0 Å². The van der Waals surface area contributed by atoms with Gasteiger partial charge in [0.05, 0.1) is 25.4 Å². The fourth-order valence-corrected chi connectivity index (χ4v) is 4.54. The van der Waals surface area contributed by atoms with Gasteiger partial charge < -0.3 is 20.4 Å². The van der Waals surface area contributed by atoms with Crippen LogP contribution >= 0.6 is 23.5 Å². The van der Waals surface area contributed by atoms with Crippen molar-refractivity contribution < 1.29 is 20.4 Å². The van der Waals surface area contributed by atoms with E-state index in [1.165, 1.54) is 0 Å². The molecule has 0 bridgehead atoms. The zero-order valence-electron chi connectivity index (χ0n) is 7.80. The Morgan fingerprint density at radius 3 is 1.79 bits per heavy atom. The lowest BCUT2D eigenvalue weighted by atomic mass is 9.80. The van der Waals surface area contributed by atoms with Crippen LogP contribution < -0.4 is 0 Å². The van der Waals surface area contributed by atoms with Crippen LogP contribution in [0.5, 0.6) is 0 Å². The lowest BCUT2D eigenvalue weighted by molar-refractivity contribution is -0.0803. The lowest BCUT2D eigenvalue weighted by Crippen LogP contribution is -2.53. The predicted octanol–water partition coefficient (Wildman–Crippen LogP) is -0.883. The van der Waals surface area contributed by atoms with Crippen molar-refractivity contribution in [2.24, 2.45) is 5.41 Å². The summed E-state index contributed by atoms with van der Waals surface area (Å²) < 4.78 is 0. The summed E-state index contributed by atoms with van der Waals surface area (Å²) in [6.07, 6.45) is -1.94. The van der Waals surface area contributed by atoms with Crippen molar-refractivity contribution in [2.75, 3.05) is 29.8 Å². The Bertz CT molecular complexity index is 161. The number of thioether (sulfide) groups is 2. The summed E-state index contributed by atoms with van der Waals surface area (Å²) in [5.74, 6) is 1.15. The van der Waals surface area contributed by atoms with Crippen LogP contribution in [0.2, 0.25) is 0 Å². The number of aliphatic hydroxyl groups excluding tert-OH is 4. The first-order chi connectivity index (χ1) is 6.67. The quantitative estimate of drug-likeness (QED) is 0.511. The van der Waals surface area contributed by atoms with Gasteiger partial charge in [-0.3, -0.25) is 0 Å². The SMILES string of the molecule is OCC(O)C1(C(O)CO)CSCSC1. The highest BCUT2D eigenvalue weighted by molar-refractivity contribution is 8.16. The van der Waals surface area contributed by atoms with Crippen LogP contribution in [0.4, 0.5) is 0 Å². The second-order valence-electron chi connectivity index (χ2n) is 3.44. The lowest BCUT2D eigenvalue weighted by Gasteiger charge is -2.42. The van der Waals surface area contributed by atoms with Gasteiger partial charge in [-0.2, -0.15) is 23.5 Å². The molecule has 0 amide bonds. The van der Waals surface area contributed by atoms with Gasteiger partial charge in [-0.1, -0.05) is 0 Å². The molecule has 84 valence electrons. The molecular formula is C8H16O4S2. The van der Waals surface area contributed by atoms with Crippen LogP contribution in [0.1, 0.15) is 0 Å². The molecule has 0 spiro atoms. The summed E-state index contributed by atoms with van der Waals surface area (Å²) >= 11 is 3.22. The van der Waals surface area contributed by atoms with Gasteiger partial charge >= 0.3 is 0 Å². The number of hydrogen-bond donors (Lipinski definition) is 4. The molecular weight excluding hydrogens is 224 g/mol. The van der Waals surface area contributed by atoms with Crippen molar-refractivity contribution in [3.63, 3.8) is 0 Å². The monoisotopic (exact) mass is 240 g/mol. The molecule has 14 heavy (non-hydrogen) atoms. The van der Waals surface area contributed by atoms with Gasteiger partial charge in [0.15, 0.2) is 0 Å². The Hall–Kier alpha value is 0.540. The third kappa shape index (κ3) is 2.37. The van der Waals surface area contributed by atoms with Gasteiger partial charge in [0.2, 0.25) is 0 Å². The molecule has 0 radical (unpaired) electrons. The molecule has 1 rings (SSSR count). The summed E-state index contributed by atoms with van der Waals surface area (Å²) in [7, 11) is 0. The van der Waals surface area contributed by atoms with Crippen LogP contribution in [0.15, 0.2) is 0 Å². The minimum atomic E-state index is -0.968. The topological polar surface area (TPSA) is 80.9 Å². The number of rotatable bonds is 4. The van der Waals surface area contributed by atoms with E-state index in [9.17, 15) is 10.2 Å². The highest BCUT2D eigenvalue weighted by Crippen LogP contribution is 2.40. The third-order valence-electron chi connectivity index (χ3n) is 2.58. The van der Waals surface area contributed by atoms with Crippen LogP contribution in [0.3, 0.4) is 0 Å². The maximum absolute atomic E-state index is 9.69. The van der Waals surface area contributed by atoms with Gasteiger partial charge in [0.25, 0.3) is 0 Å². The van der Waals surface area contributed by atoms with Crippen molar-refractivity contribution in [2.45, 2.75) is 12.2 Å². The van der Waals surface area contributed by atoms with Gasteiger partial charge in [-0.25, -0.2) is 0 Å². The van der Waals surface area contributed by atoms with E-state index in [1.54, 1.807) is 23.5 Å². The summed E-state index contributed by atoms with van der Waals surface area (Å²) in [4.78, 5) is 0. The van der Waals surface area contributed by atoms with Crippen LogP contribution in [0, 0.1) is 5.41 Å². The van der Waals surface area contributed by atoms with Crippen LogP contribution in [-0.2, 0) is 0 Å². The molecule has 0 aromatic rings. The Morgan fingerprint density at radius 2 is 1.43 bits per heavy atom. The normalized spacial score (nSPS) is 25.7. The van der Waals surface area contributed by atoms with Crippen molar-refractivity contribution in [3.05, 3.63) is 0 Å². The van der Waals surface area contributed by atoms with Crippen molar-refractivity contribution >= 4 is 23.5 Å². The first kappa shape index (κ1) is 12.6. The predicted molar refractivity (Wildman–Crippen MR) is 58.4 cm³/mol. The smallest absolute Gasteiger partial charge is 0.0868 e. The molecule has 0 aliphatic carbocycles. The fraction of sp³-hybridized carbons (Fsp3) is 1.00. The van der Waals surface area contributed by atoms with E-state index >= 15 is 0 Å². The van der Waals surface area contributed by atoms with Crippen molar-refractivity contribution in [1.82, 2.24) is 0 Å². The molecule has 2 atom stereocenters. The summed E-state index contributed by atoms with van der Waals surface area (Å²) in [5.41, 5.74) is -0.767. The van der Waals surface area contributed by atoms with Crippen molar-refractivity contribution in [1.29, 1.82) is 0 Å². The molecule has 0 aromatic carbocycles. The maximum atomic E-state index is 9.69. The van der Waals surface area contributed by atoms with Crippen LogP contribution in [0.25, 0.3) is 0 Å². The summed E-state index contributed by atoms with van der Waals surface area (Å²) in [6, 6.07) is 0. The molecule has 4 N–H and O–H groups in total. The number of aliphatic hydroxyl groups is 4. The average molecular weight is 240 g/mol. The zero-order valence-corrected chi connectivity index (χ0v) is 9.43. The summed E-state index contributed by atoms with van der Waals surface area (Å²) in [5, 5.41) is 38.2. The highest BCUT2D eigenvalue weighted by Gasteiger charge is 2.45. The Balaban J connectivity index is 2.76. The van der Waals surface area contributed by atoms with Crippen LogP contribution in [-0.4, -0.2) is 62.4 Å². The molecule has 0 saturated carbocycles. The van der Waals surface area contributed by atoms with Gasteiger partial charge in [0.1, 0.15) is 0 Å². The van der Waals surface area contributed by atoms with E-state index in [1.807, 2.05) is 0 Å². The molecule has 1 fully saturated rings. The van der Waals surface area contributed by atoms with E-state index < -0.39 is 17.6 Å². The van der Waals surface area contributed by atoms with E-state index in [-0.39, 0.29) is 13.2 Å². The minimum Gasteiger partial charge on any atom is -0.394 e. The molecule has 1 aliphatic heterocycles. The molecule has 4 nitrogen and oxygen atoms in total. The summed E-state index contributed by atoms with van der Waals surface area (Å²) in [6.45, 7) is -0.754. The third-order valence-corrected chi connectivity index (χ3v) is 5.40. The molecule has 1 aliphatic rings. The van der Waals surface area contributed by atoms with Crippen molar-refractivity contribution in [3.8, 4) is 0 Å². The maximum Gasteiger partial charge on any atom is 0.0868 e. The van der Waals surface area contributed by atoms with Gasteiger partial charge in [0, 0.05) is 22.0 Å². The molecule has 2 unspecified atom stereocenters. The first-order valence-corrected chi connectivity index (χ1v) is 6.71. The first-order valence-electron chi connectivity index (χ1n) is 4.40. The largest absolute Gasteiger partial charge is 0.394 e. The van der Waals surface area contributed by atoms with E-state index in [4.69, 9.17) is 10.2 Å². The minimum absolute atomic E-state index is 0.377. The Kier molecular flexibility index (Phi) is 5.02. The standard InChI is InChI=1S/C8H16O4S2/c9-1-6(11)8(7(12)2-10)3-13-5-14-4-8/h6-7,9-12H,1-5H2. The van der Waals surface area contributed by atoms with E-state index in [0.717, 1.165) is 5.08 Å². The molecule has 0 aromatic heterocycles. The second-order valence-corrected chi connectivity index (χ2v) is 5.78.